The molecule has 0 aliphatic rings. The average Bonchev–Trinajstić information content (AvgIpc) is 3.10. The van der Waals surface area contributed by atoms with E-state index in [0.717, 1.165) is 10.4 Å². The second kappa shape index (κ2) is 13.4. The molecule has 1 heterocycles. The molecule has 168 valence electrons. The number of benzene rings is 1. The van der Waals surface area contributed by atoms with Crippen LogP contribution in [0.25, 0.3) is 0 Å². The first-order chi connectivity index (χ1) is 13.8. The quantitative estimate of drug-likeness (QED) is 0.226. The van der Waals surface area contributed by atoms with E-state index in [9.17, 15) is 18.3 Å². The molecule has 0 radical (unpaired) electrons. The first-order valence-corrected chi connectivity index (χ1v) is 10.1. The number of aliphatic imine (C=N–C) groups is 1. The van der Waals surface area contributed by atoms with Gasteiger partial charge in [0.05, 0.1) is 17.5 Å². The molecule has 0 aliphatic carbocycles. The Morgan fingerprint density at radius 1 is 1.17 bits per heavy atom. The molecule has 0 fully saturated rings. The molecule has 0 saturated heterocycles. The molecule has 2 rings (SSSR count). The zero-order valence-corrected chi connectivity index (χ0v) is 20.1. The lowest BCUT2D eigenvalue weighted by molar-refractivity contribution is -0.176. The van der Waals surface area contributed by atoms with Gasteiger partial charge in [-0.05, 0) is 30.2 Å². The van der Waals surface area contributed by atoms with Crippen LogP contribution in [-0.4, -0.2) is 36.9 Å². The van der Waals surface area contributed by atoms with E-state index >= 15 is 0 Å². The Morgan fingerprint density at radius 3 is 2.40 bits per heavy atom. The number of nitrogens with one attached hydrogen (secondary N) is 2. The number of hydrogen-bond acceptors (Lipinski definition) is 4. The number of alkyl halides is 3. The third-order valence-corrected chi connectivity index (χ3v) is 5.04. The van der Waals surface area contributed by atoms with E-state index in [2.05, 4.69) is 20.4 Å². The van der Waals surface area contributed by atoms with Crippen LogP contribution in [0.5, 0.6) is 0 Å². The molecule has 30 heavy (non-hydrogen) atoms. The maximum atomic E-state index is 12.1. The minimum absolute atomic E-state index is 0. The third kappa shape index (κ3) is 10.3. The monoisotopic (exact) mass is 577 g/mol. The molecule has 1 aromatic carbocycles. The summed E-state index contributed by atoms with van der Waals surface area (Å²) in [4.78, 5) is 5.22. The number of hydrogen-bond donors (Lipinski definition) is 3. The van der Waals surface area contributed by atoms with E-state index in [1.165, 1.54) is 11.3 Å². The van der Waals surface area contributed by atoms with Crippen LogP contribution in [0.3, 0.4) is 0 Å². The summed E-state index contributed by atoms with van der Waals surface area (Å²) in [5, 5.41) is 16.4. The molecule has 0 amide bonds. The SMILES string of the molecule is CCNC(=NCc1ccc(COCC(F)(F)F)cc1)NCC(O)c1ccc(Cl)s1.I. The fourth-order valence-corrected chi connectivity index (χ4v) is 3.39. The molecule has 0 saturated carbocycles. The molecule has 0 spiro atoms. The van der Waals surface area contributed by atoms with Crippen LogP contribution in [0, 0.1) is 0 Å². The fraction of sp³-hybridized carbons (Fsp3) is 0.421. The van der Waals surface area contributed by atoms with Crippen LogP contribution < -0.4 is 10.6 Å². The van der Waals surface area contributed by atoms with Gasteiger partial charge in [-0.3, -0.25) is 0 Å². The Labute approximate surface area is 199 Å². The number of thiophene rings is 1. The number of aliphatic hydroxyl groups is 1. The molecule has 1 aromatic heterocycles. The first kappa shape index (κ1) is 27.0. The Morgan fingerprint density at radius 2 is 1.83 bits per heavy atom. The molecule has 0 bridgehead atoms. The first-order valence-electron chi connectivity index (χ1n) is 8.94. The number of nitrogens with zero attached hydrogens (tertiary/aromatic N) is 1. The standard InChI is InChI=1S/C19H23ClF3N3O2S.HI/c1-2-24-18(26-10-15(27)16-7-8-17(20)29-16)25-9-13-3-5-14(6-4-13)11-28-12-19(21,22)23;/h3-8,15,27H,2,9-12H2,1H3,(H2,24,25,26);1H. The zero-order chi connectivity index (χ0) is 21.3. The van der Waals surface area contributed by atoms with Gasteiger partial charge in [-0.15, -0.1) is 35.3 Å². The summed E-state index contributed by atoms with van der Waals surface area (Å²) in [6, 6.07) is 10.5. The number of halogens is 5. The van der Waals surface area contributed by atoms with E-state index in [-0.39, 0.29) is 37.1 Å². The van der Waals surface area contributed by atoms with Crippen molar-refractivity contribution in [2.45, 2.75) is 32.4 Å². The van der Waals surface area contributed by atoms with Crippen molar-refractivity contribution in [3.8, 4) is 0 Å². The van der Waals surface area contributed by atoms with Crippen molar-refractivity contribution in [1.82, 2.24) is 10.6 Å². The number of rotatable bonds is 9. The van der Waals surface area contributed by atoms with Gasteiger partial charge in [0.15, 0.2) is 5.96 Å². The summed E-state index contributed by atoms with van der Waals surface area (Å²) < 4.78 is 41.6. The van der Waals surface area contributed by atoms with Crippen LogP contribution in [-0.2, 0) is 17.9 Å². The highest BCUT2D eigenvalue weighted by molar-refractivity contribution is 14.0. The lowest BCUT2D eigenvalue weighted by atomic mass is 10.1. The molecule has 1 atom stereocenters. The van der Waals surface area contributed by atoms with Gasteiger partial charge in [-0.1, -0.05) is 35.9 Å². The minimum atomic E-state index is -4.33. The van der Waals surface area contributed by atoms with E-state index in [1.54, 1.807) is 36.4 Å². The minimum Gasteiger partial charge on any atom is -0.386 e. The molecule has 1 unspecified atom stereocenters. The van der Waals surface area contributed by atoms with E-state index in [4.69, 9.17) is 11.6 Å². The van der Waals surface area contributed by atoms with Crippen molar-refractivity contribution in [2.24, 2.45) is 4.99 Å². The average molecular weight is 578 g/mol. The number of guanidine groups is 1. The van der Waals surface area contributed by atoms with Gasteiger partial charge in [0, 0.05) is 18.0 Å². The van der Waals surface area contributed by atoms with Crippen LogP contribution in [0.4, 0.5) is 13.2 Å². The van der Waals surface area contributed by atoms with Gasteiger partial charge in [-0.25, -0.2) is 4.99 Å². The van der Waals surface area contributed by atoms with E-state index < -0.39 is 18.9 Å². The Kier molecular flexibility index (Phi) is 12.0. The molecule has 5 nitrogen and oxygen atoms in total. The summed E-state index contributed by atoms with van der Waals surface area (Å²) in [6.45, 7) is 1.88. The highest BCUT2D eigenvalue weighted by Gasteiger charge is 2.27. The molecular weight excluding hydrogens is 554 g/mol. The second-order valence-electron chi connectivity index (χ2n) is 6.16. The molecule has 11 heteroatoms. The maximum Gasteiger partial charge on any atom is 0.411 e. The van der Waals surface area contributed by atoms with Gasteiger partial charge < -0.3 is 20.5 Å². The van der Waals surface area contributed by atoms with Gasteiger partial charge in [-0.2, -0.15) is 13.2 Å². The summed E-state index contributed by atoms with van der Waals surface area (Å²) in [5.74, 6) is 0.548. The summed E-state index contributed by atoms with van der Waals surface area (Å²) >= 11 is 7.21. The third-order valence-electron chi connectivity index (χ3n) is 3.71. The number of ether oxygens (including phenoxy) is 1. The molecule has 0 aliphatic heterocycles. The maximum absolute atomic E-state index is 12.1. The van der Waals surface area contributed by atoms with Gasteiger partial charge in [0.2, 0.25) is 0 Å². The lowest BCUT2D eigenvalue weighted by Crippen LogP contribution is -2.39. The Bertz CT molecular complexity index is 788. The fourth-order valence-electron chi connectivity index (χ4n) is 2.34. The van der Waals surface area contributed by atoms with Gasteiger partial charge in [0.1, 0.15) is 12.7 Å². The summed E-state index contributed by atoms with van der Waals surface area (Å²) in [6.07, 6.45) is -5.03. The summed E-state index contributed by atoms with van der Waals surface area (Å²) in [5.41, 5.74) is 1.55. The largest absolute Gasteiger partial charge is 0.411 e. The van der Waals surface area contributed by atoms with Gasteiger partial charge in [0.25, 0.3) is 0 Å². The van der Waals surface area contributed by atoms with E-state index in [1.807, 2.05) is 6.92 Å². The molecule has 3 N–H and O–H groups in total. The second-order valence-corrected chi connectivity index (χ2v) is 7.90. The van der Waals surface area contributed by atoms with Crippen molar-refractivity contribution < 1.29 is 23.0 Å². The Hall–Kier alpha value is -1.08. The highest BCUT2D eigenvalue weighted by Crippen LogP contribution is 2.26. The van der Waals surface area contributed by atoms with Crippen molar-refractivity contribution in [1.29, 1.82) is 0 Å². The van der Waals surface area contributed by atoms with Crippen molar-refractivity contribution in [3.05, 3.63) is 56.7 Å². The lowest BCUT2D eigenvalue weighted by Gasteiger charge is -2.14. The number of aliphatic hydroxyl groups excluding tert-OH is 1. The van der Waals surface area contributed by atoms with Crippen LogP contribution in [0.15, 0.2) is 41.4 Å². The van der Waals surface area contributed by atoms with Crippen LogP contribution in [0.1, 0.15) is 29.0 Å². The zero-order valence-electron chi connectivity index (χ0n) is 16.2. The Balaban J connectivity index is 0.00000450. The highest BCUT2D eigenvalue weighted by atomic mass is 127. The normalized spacial score (nSPS) is 12.9. The predicted molar refractivity (Wildman–Crippen MR) is 125 cm³/mol. The molecular formula is C19H24ClF3IN3O2S. The van der Waals surface area contributed by atoms with Crippen LogP contribution >= 0.6 is 46.9 Å². The van der Waals surface area contributed by atoms with Crippen molar-refractivity contribution in [2.75, 3.05) is 19.7 Å². The van der Waals surface area contributed by atoms with E-state index in [0.29, 0.717) is 28.9 Å². The van der Waals surface area contributed by atoms with Crippen molar-refractivity contribution in [3.63, 3.8) is 0 Å². The van der Waals surface area contributed by atoms with Gasteiger partial charge >= 0.3 is 6.18 Å². The van der Waals surface area contributed by atoms with Crippen LogP contribution in [0.2, 0.25) is 4.34 Å². The molecule has 2 aromatic rings. The topological polar surface area (TPSA) is 65.9 Å². The van der Waals surface area contributed by atoms with Crippen molar-refractivity contribution >= 4 is 52.9 Å². The summed E-state index contributed by atoms with van der Waals surface area (Å²) in [7, 11) is 0. The predicted octanol–water partition coefficient (Wildman–Crippen LogP) is 4.89. The smallest absolute Gasteiger partial charge is 0.386 e.